The molecule has 6 nitrogen and oxygen atoms in total. The first-order chi connectivity index (χ1) is 13.5. The largest absolute Gasteiger partial charge is 0.356 e. The lowest BCUT2D eigenvalue weighted by atomic mass is 9.99. The molecule has 1 N–H and O–H groups in total. The van der Waals surface area contributed by atoms with Crippen LogP contribution in [-0.4, -0.2) is 62.8 Å². The number of hydrogen-bond acceptors (Lipinski definition) is 4. The smallest absolute Gasteiger partial charge is 0.243 e. The summed E-state index contributed by atoms with van der Waals surface area (Å²) in [5, 5.41) is 3.02. The highest BCUT2D eigenvalue weighted by atomic mass is 79.9. The van der Waals surface area contributed by atoms with Crippen molar-refractivity contribution < 1.29 is 13.2 Å². The van der Waals surface area contributed by atoms with Crippen LogP contribution < -0.4 is 5.32 Å². The number of halogens is 1. The minimum absolute atomic E-state index is 0.0191. The number of sulfonamides is 1. The van der Waals surface area contributed by atoms with Gasteiger partial charge in [-0.3, -0.25) is 4.79 Å². The second-order valence-electron chi connectivity index (χ2n) is 7.70. The molecule has 0 aliphatic carbocycles. The topological polar surface area (TPSA) is 69.7 Å². The Morgan fingerprint density at radius 1 is 1.07 bits per heavy atom. The van der Waals surface area contributed by atoms with Crippen molar-refractivity contribution in [3.8, 4) is 0 Å². The quantitative estimate of drug-likeness (QED) is 0.620. The maximum atomic E-state index is 12.9. The summed E-state index contributed by atoms with van der Waals surface area (Å²) in [6, 6.07) is 6.65. The molecule has 1 unspecified atom stereocenters. The zero-order valence-corrected chi connectivity index (χ0v) is 18.7. The summed E-state index contributed by atoms with van der Waals surface area (Å²) in [5.41, 5.74) is 0. The minimum atomic E-state index is -3.56. The van der Waals surface area contributed by atoms with Crippen LogP contribution in [0.1, 0.15) is 38.5 Å². The van der Waals surface area contributed by atoms with Gasteiger partial charge in [-0.25, -0.2) is 8.42 Å². The number of carbonyl (C=O) groups excluding carboxylic acids is 1. The molecule has 156 valence electrons. The Morgan fingerprint density at radius 3 is 2.50 bits per heavy atom. The van der Waals surface area contributed by atoms with E-state index in [1.165, 1.54) is 36.7 Å². The van der Waals surface area contributed by atoms with E-state index < -0.39 is 10.0 Å². The van der Waals surface area contributed by atoms with E-state index in [9.17, 15) is 13.2 Å². The average Bonchev–Trinajstić information content (AvgIpc) is 2.72. The third-order valence-corrected chi connectivity index (χ3v) is 8.01. The second-order valence-corrected chi connectivity index (χ2v) is 10.6. The Labute approximate surface area is 176 Å². The molecule has 1 aromatic rings. The van der Waals surface area contributed by atoms with Gasteiger partial charge in [-0.1, -0.05) is 22.4 Å². The van der Waals surface area contributed by atoms with Gasteiger partial charge in [-0.15, -0.1) is 0 Å². The molecule has 2 fully saturated rings. The third-order valence-electron chi connectivity index (χ3n) is 5.61. The predicted molar refractivity (Wildman–Crippen MR) is 114 cm³/mol. The SMILES string of the molecule is O=C(NCCCN1CCCCC1)C1CCCN(S(=O)(=O)c2ccc(Br)cc2)C1. The molecular formula is C20H30BrN3O3S. The number of nitrogens with one attached hydrogen (secondary N) is 1. The van der Waals surface area contributed by atoms with Crippen molar-refractivity contribution in [2.75, 3.05) is 39.3 Å². The monoisotopic (exact) mass is 471 g/mol. The number of piperidine rings is 2. The van der Waals surface area contributed by atoms with Crippen LogP contribution in [0.2, 0.25) is 0 Å². The molecule has 2 aliphatic rings. The molecule has 2 heterocycles. The van der Waals surface area contributed by atoms with Crippen LogP contribution in [0, 0.1) is 5.92 Å². The Hall–Kier alpha value is -0.960. The minimum Gasteiger partial charge on any atom is -0.356 e. The summed E-state index contributed by atoms with van der Waals surface area (Å²) < 4.78 is 28.0. The number of likely N-dealkylation sites (tertiary alicyclic amines) is 1. The molecule has 1 atom stereocenters. The summed E-state index contributed by atoms with van der Waals surface area (Å²) in [5.74, 6) is -0.289. The standard InChI is InChI=1S/C20H30BrN3O3S/c21-18-7-9-19(10-8-18)28(26,27)24-15-4-6-17(16-24)20(25)22-11-5-14-23-12-2-1-3-13-23/h7-10,17H,1-6,11-16H2,(H,22,25). The first-order valence-electron chi connectivity index (χ1n) is 10.2. The van der Waals surface area contributed by atoms with Gasteiger partial charge < -0.3 is 10.2 Å². The molecule has 2 aliphatic heterocycles. The summed E-state index contributed by atoms with van der Waals surface area (Å²) in [4.78, 5) is 15.3. The van der Waals surface area contributed by atoms with Gasteiger partial charge in [-0.05, 0) is 76.0 Å². The Kier molecular flexibility index (Phi) is 7.91. The zero-order valence-electron chi connectivity index (χ0n) is 16.3. The Morgan fingerprint density at radius 2 is 1.79 bits per heavy atom. The van der Waals surface area contributed by atoms with E-state index in [1.807, 2.05) is 0 Å². The fourth-order valence-electron chi connectivity index (χ4n) is 3.97. The first kappa shape index (κ1) is 21.7. The molecule has 3 rings (SSSR count). The number of nitrogens with zero attached hydrogens (tertiary/aromatic N) is 2. The van der Waals surface area contributed by atoms with Crippen molar-refractivity contribution in [2.45, 2.75) is 43.4 Å². The number of benzene rings is 1. The van der Waals surface area contributed by atoms with Crippen molar-refractivity contribution in [3.63, 3.8) is 0 Å². The molecule has 2 saturated heterocycles. The highest BCUT2D eigenvalue weighted by molar-refractivity contribution is 9.10. The number of carbonyl (C=O) groups is 1. The van der Waals surface area contributed by atoms with E-state index in [0.29, 0.717) is 19.5 Å². The van der Waals surface area contributed by atoms with Gasteiger partial charge in [0, 0.05) is 24.1 Å². The molecule has 0 spiro atoms. The first-order valence-corrected chi connectivity index (χ1v) is 12.5. The number of rotatable bonds is 7. The van der Waals surface area contributed by atoms with Crippen LogP contribution in [-0.2, 0) is 14.8 Å². The summed E-state index contributed by atoms with van der Waals surface area (Å²) in [6.45, 7) is 4.74. The summed E-state index contributed by atoms with van der Waals surface area (Å²) in [6.07, 6.45) is 6.27. The van der Waals surface area contributed by atoms with Crippen molar-refractivity contribution in [1.82, 2.24) is 14.5 Å². The van der Waals surface area contributed by atoms with Crippen molar-refractivity contribution in [2.24, 2.45) is 5.92 Å². The number of hydrogen-bond donors (Lipinski definition) is 1. The molecular weight excluding hydrogens is 442 g/mol. The molecule has 0 bridgehead atoms. The van der Waals surface area contributed by atoms with Crippen LogP contribution in [0.5, 0.6) is 0 Å². The van der Waals surface area contributed by atoms with Crippen molar-refractivity contribution in [3.05, 3.63) is 28.7 Å². The molecule has 1 amide bonds. The molecule has 0 aromatic heterocycles. The van der Waals surface area contributed by atoms with Crippen LogP contribution in [0.25, 0.3) is 0 Å². The third kappa shape index (κ3) is 5.78. The predicted octanol–water partition coefficient (Wildman–Crippen LogP) is 2.84. The molecule has 28 heavy (non-hydrogen) atoms. The summed E-state index contributed by atoms with van der Waals surface area (Å²) >= 11 is 3.33. The molecule has 8 heteroatoms. The van der Waals surface area contributed by atoms with Crippen molar-refractivity contribution >= 4 is 31.9 Å². The maximum absolute atomic E-state index is 12.9. The van der Waals surface area contributed by atoms with Crippen molar-refractivity contribution in [1.29, 1.82) is 0 Å². The molecule has 0 radical (unpaired) electrons. The molecule has 0 saturated carbocycles. The maximum Gasteiger partial charge on any atom is 0.243 e. The van der Waals surface area contributed by atoms with E-state index in [0.717, 1.165) is 23.9 Å². The lowest BCUT2D eigenvalue weighted by Gasteiger charge is -2.31. The van der Waals surface area contributed by atoms with E-state index >= 15 is 0 Å². The number of amides is 1. The normalized spacial score (nSPS) is 22.1. The fraction of sp³-hybridized carbons (Fsp3) is 0.650. The van der Waals surface area contributed by atoms with Gasteiger partial charge in [0.1, 0.15) is 0 Å². The van der Waals surface area contributed by atoms with Crippen LogP contribution in [0.15, 0.2) is 33.6 Å². The Bertz CT molecular complexity index is 748. The van der Waals surface area contributed by atoms with Gasteiger partial charge in [0.2, 0.25) is 15.9 Å². The highest BCUT2D eigenvalue weighted by Gasteiger charge is 2.33. The van der Waals surface area contributed by atoms with Gasteiger partial charge in [0.05, 0.1) is 10.8 Å². The molecule has 1 aromatic carbocycles. The Balaban J connectivity index is 1.48. The lowest BCUT2D eigenvalue weighted by molar-refractivity contribution is -0.126. The van der Waals surface area contributed by atoms with E-state index in [-0.39, 0.29) is 23.3 Å². The fourth-order valence-corrected chi connectivity index (χ4v) is 5.76. The van der Waals surface area contributed by atoms with E-state index in [2.05, 4.69) is 26.1 Å². The van der Waals surface area contributed by atoms with Crippen LogP contribution in [0.3, 0.4) is 0 Å². The van der Waals surface area contributed by atoms with Crippen LogP contribution >= 0.6 is 15.9 Å². The van der Waals surface area contributed by atoms with E-state index in [4.69, 9.17) is 0 Å². The van der Waals surface area contributed by atoms with Gasteiger partial charge in [-0.2, -0.15) is 4.31 Å². The zero-order chi connectivity index (χ0) is 20.0. The second kappa shape index (κ2) is 10.2. The average molecular weight is 472 g/mol. The lowest BCUT2D eigenvalue weighted by Crippen LogP contribution is -2.45. The van der Waals surface area contributed by atoms with Gasteiger partial charge in [0.15, 0.2) is 0 Å². The van der Waals surface area contributed by atoms with Gasteiger partial charge in [0.25, 0.3) is 0 Å². The van der Waals surface area contributed by atoms with Gasteiger partial charge >= 0.3 is 0 Å². The summed E-state index contributed by atoms with van der Waals surface area (Å²) in [7, 11) is -3.56. The van der Waals surface area contributed by atoms with Crippen LogP contribution in [0.4, 0.5) is 0 Å². The highest BCUT2D eigenvalue weighted by Crippen LogP contribution is 2.25. The van der Waals surface area contributed by atoms with E-state index in [1.54, 1.807) is 24.3 Å².